The zero-order valence-electron chi connectivity index (χ0n) is 20.4. The number of halogens is 2. The summed E-state index contributed by atoms with van der Waals surface area (Å²) in [4.78, 5) is 20.0. The maximum atomic E-state index is 12.9. The minimum atomic E-state index is -0.486. The van der Waals surface area contributed by atoms with E-state index in [1.165, 1.54) is 32.8 Å². The van der Waals surface area contributed by atoms with Crippen LogP contribution in [0.3, 0.4) is 0 Å². The van der Waals surface area contributed by atoms with Gasteiger partial charge in [-0.1, -0.05) is 78.5 Å². The van der Waals surface area contributed by atoms with Crippen molar-refractivity contribution in [2.24, 2.45) is 5.41 Å². The quantitative estimate of drug-likeness (QED) is 0.311. The molecule has 0 unspecified atom stereocenters. The number of methoxy groups -OCH3 is 1. The van der Waals surface area contributed by atoms with Crippen LogP contribution in [0.5, 0.6) is 5.75 Å². The SMILES string of the molecule is COC(=O)c1nc(-c2cccc(Cl)c2Cl)c(OCc2ccccc2)cc1N1CCC2(CCCC2)CC1. The molecule has 1 aliphatic carbocycles. The molecule has 1 aromatic heterocycles. The lowest BCUT2D eigenvalue weighted by atomic mass is 9.77. The number of hydrogen-bond donors (Lipinski definition) is 0. The predicted molar refractivity (Wildman–Crippen MR) is 144 cm³/mol. The van der Waals surface area contributed by atoms with Crippen molar-refractivity contribution in [3.8, 4) is 17.0 Å². The topological polar surface area (TPSA) is 51.7 Å². The van der Waals surface area contributed by atoms with E-state index in [0.717, 1.165) is 37.2 Å². The molecule has 1 spiro atoms. The van der Waals surface area contributed by atoms with Gasteiger partial charge in [-0.2, -0.15) is 0 Å². The first-order valence-corrected chi connectivity index (χ1v) is 13.2. The number of anilines is 1. The number of carbonyl (C=O) groups excluding carboxylic acids is 1. The van der Waals surface area contributed by atoms with Gasteiger partial charge in [0, 0.05) is 24.7 Å². The number of benzene rings is 2. The second-order valence-electron chi connectivity index (χ2n) is 9.76. The van der Waals surface area contributed by atoms with Crippen molar-refractivity contribution in [2.75, 3.05) is 25.1 Å². The maximum absolute atomic E-state index is 12.9. The van der Waals surface area contributed by atoms with Crippen LogP contribution >= 0.6 is 23.2 Å². The van der Waals surface area contributed by atoms with Gasteiger partial charge in [0.05, 0.1) is 22.8 Å². The highest BCUT2D eigenvalue weighted by Crippen LogP contribution is 2.48. The van der Waals surface area contributed by atoms with Crippen molar-refractivity contribution in [3.63, 3.8) is 0 Å². The first-order chi connectivity index (χ1) is 17.5. The molecule has 1 saturated carbocycles. The fraction of sp³-hybridized carbons (Fsp3) is 0.379. The summed E-state index contributed by atoms with van der Waals surface area (Å²) >= 11 is 12.9. The van der Waals surface area contributed by atoms with Gasteiger partial charge in [0.1, 0.15) is 18.1 Å². The number of rotatable bonds is 6. The molecule has 0 bridgehead atoms. The molecule has 0 N–H and O–H groups in total. The molecule has 0 amide bonds. The molecule has 5 rings (SSSR count). The van der Waals surface area contributed by atoms with E-state index in [2.05, 4.69) is 4.90 Å². The average Bonchev–Trinajstić information content (AvgIpc) is 3.37. The molecule has 2 aliphatic rings. The molecular weight excluding hydrogens is 495 g/mol. The van der Waals surface area contributed by atoms with Crippen molar-refractivity contribution in [1.82, 2.24) is 4.98 Å². The van der Waals surface area contributed by atoms with Crippen LogP contribution in [0.2, 0.25) is 10.0 Å². The molecule has 1 saturated heterocycles. The first-order valence-electron chi connectivity index (χ1n) is 12.5. The van der Waals surface area contributed by atoms with E-state index >= 15 is 0 Å². The summed E-state index contributed by atoms with van der Waals surface area (Å²) in [5.41, 5.74) is 3.55. The number of carbonyl (C=O) groups is 1. The lowest BCUT2D eigenvalue weighted by Crippen LogP contribution is -2.39. The minimum absolute atomic E-state index is 0.262. The zero-order chi connectivity index (χ0) is 25.1. The molecule has 0 atom stereocenters. The van der Waals surface area contributed by atoms with Crippen molar-refractivity contribution >= 4 is 34.9 Å². The van der Waals surface area contributed by atoms with Crippen molar-refractivity contribution in [3.05, 3.63) is 75.9 Å². The van der Waals surface area contributed by atoms with Crippen LogP contribution in [0.15, 0.2) is 54.6 Å². The molecular formula is C29H30Cl2N2O3. The van der Waals surface area contributed by atoms with E-state index < -0.39 is 5.97 Å². The van der Waals surface area contributed by atoms with Crippen LogP contribution < -0.4 is 9.64 Å². The van der Waals surface area contributed by atoms with Crippen LogP contribution in [-0.2, 0) is 11.3 Å². The Morgan fingerprint density at radius 1 is 1.00 bits per heavy atom. The summed E-state index contributed by atoms with van der Waals surface area (Å²) < 4.78 is 11.5. The molecule has 2 fully saturated rings. The van der Waals surface area contributed by atoms with Crippen LogP contribution in [0.1, 0.15) is 54.6 Å². The number of aromatic nitrogens is 1. The van der Waals surface area contributed by atoms with Crippen molar-refractivity contribution < 1.29 is 14.3 Å². The van der Waals surface area contributed by atoms with E-state index in [1.807, 2.05) is 48.5 Å². The Balaban J connectivity index is 1.57. The third kappa shape index (κ3) is 5.05. The van der Waals surface area contributed by atoms with Gasteiger partial charge < -0.3 is 14.4 Å². The summed E-state index contributed by atoms with van der Waals surface area (Å²) in [5.74, 6) is 0.0620. The second kappa shape index (κ2) is 10.7. The van der Waals surface area contributed by atoms with Gasteiger partial charge in [-0.25, -0.2) is 9.78 Å². The molecule has 2 aromatic carbocycles. The van der Waals surface area contributed by atoms with Crippen LogP contribution in [-0.4, -0.2) is 31.2 Å². The van der Waals surface area contributed by atoms with Crippen LogP contribution in [0.25, 0.3) is 11.3 Å². The maximum Gasteiger partial charge on any atom is 0.358 e. The third-order valence-electron chi connectivity index (χ3n) is 7.62. The Kier molecular flexibility index (Phi) is 7.40. The monoisotopic (exact) mass is 524 g/mol. The second-order valence-corrected chi connectivity index (χ2v) is 10.5. The van der Waals surface area contributed by atoms with Gasteiger partial charge in [-0.05, 0) is 42.7 Å². The number of piperidine rings is 1. The summed E-state index contributed by atoms with van der Waals surface area (Å²) in [6.45, 7) is 2.11. The molecule has 7 heteroatoms. The smallest absolute Gasteiger partial charge is 0.358 e. The lowest BCUT2D eigenvalue weighted by Gasteiger charge is -2.40. The minimum Gasteiger partial charge on any atom is -0.487 e. The Labute approximate surface area is 222 Å². The van der Waals surface area contributed by atoms with E-state index in [-0.39, 0.29) is 5.69 Å². The number of esters is 1. The number of nitrogens with zero attached hydrogens (tertiary/aromatic N) is 2. The lowest BCUT2D eigenvalue weighted by molar-refractivity contribution is 0.0594. The van der Waals surface area contributed by atoms with Gasteiger partial charge in [0.2, 0.25) is 0 Å². The van der Waals surface area contributed by atoms with Gasteiger partial charge in [-0.3, -0.25) is 0 Å². The van der Waals surface area contributed by atoms with Crippen molar-refractivity contribution in [1.29, 1.82) is 0 Å². The number of hydrogen-bond acceptors (Lipinski definition) is 5. The molecule has 5 nitrogen and oxygen atoms in total. The highest BCUT2D eigenvalue weighted by molar-refractivity contribution is 6.43. The molecule has 0 radical (unpaired) electrons. The van der Waals surface area contributed by atoms with Crippen LogP contribution in [0.4, 0.5) is 5.69 Å². The average molecular weight is 525 g/mol. The van der Waals surface area contributed by atoms with E-state index in [4.69, 9.17) is 37.7 Å². The number of ether oxygens (including phenoxy) is 2. The Morgan fingerprint density at radius 2 is 1.72 bits per heavy atom. The fourth-order valence-electron chi connectivity index (χ4n) is 5.54. The first kappa shape index (κ1) is 24.9. The Bertz CT molecular complexity index is 1230. The predicted octanol–water partition coefficient (Wildman–Crippen LogP) is 7.58. The summed E-state index contributed by atoms with van der Waals surface area (Å²) in [5, 5.41) is 0.771. The fourth-order valence-corrected chi connectivity index (χ4v) is 5.93. The van der Waals surface area contributed by atoms with Crippen LogP contribution in [0, 0.1) is 5.41 Å². The summed E-state index contributed by atoms with van der Waals surface area (Å²) in [7, 11) is 1.38. The van der Waals surface area contributed by atoms with E-state index in [1.54, 1.807) is 6.07 Å². The van der Waals surface area contributed by atoms with Crippen molar-refractivity contribution in [2.45, 2.75) is 45.1 Å². The third-order valence-corrected chi connectivity index (χ3v) is 8.44. The molecule has 1 aliphatic heterocycles. The highest BCUT2D eigenvalue weighted by atomic mass is 35.5. The number of pyridine rings is 1. The summed E-state index contributed by atoms with van der Waals surface area (Å²) in [6, 6.07) is 17.2. The molecule has 188 valence electrons. The van der Waals surface area contributed by atoms with Gasteiger partial charge in [0.15, 0.2) is 5.69 Å². The standard InChI is InChI=1S/C29H30Cl2N2O3/c1-35-28(34)27-23(33-16-14-29(15-17-33)12-5-6-13-29)18-24(36-19-20-8-3-2-4-9-20)26(32-27)21-10-7-11-22(30)25(21)31/h2-4,7-11,18H,5-6,12-17,19H2,1H3. The molecule has 36 heavy (non-hydrogen) atoms. The molecule has 2 heterocycles. The Morgan fingerprint density at radius 3 is 2.42 bits per heavy atom. The highest BCUT2D eigenvalue weighted by Gasteiger charge is 2.38. The Hall–Kier alpha value is -2.76. The van der Waals surface area contributed by atoms with E-state index in [9.17, 15) is 4.79 Å². The summed E-state index contributed by atoms with van der Waals surface area (Å²) in [6.07, 6.45) is 7.50. The zero-order valence-corrected chi connectivity index (χ0v) is 21.9. The molecule has 3 aromatic rings. The largest absolute Gasteiger partial charge is 0.487 e. The van der Waals surface area contributed by atoms with Gasteiger partial charge >= 0.3 is 5.97 Å². The van der Waals surface area contributed by atoms with Gasteiger partial charge in [-0.15, -0.1) is 0 Å². The van der Waals surface area contributed by atoms with Gasteiger partial charge in [0.25, 0.3) is 0 Å². The van der Waals surface area contributed by atoms with E-state index in [0.29, 0.717) is 39.1 Å². The normalized spacial score (nSPS) is 16.8.